The van der Waals surface area contributed by atoms with Crippen molar-refractivity contribution in [1.29, 1.82) is 0 Å². The highest BCUT2D eigenvalue weighted by Crippen LogP contribution is 2.21. The Labute approximate surface area is 212 Å². The molecule has 192 valence electrons. The number of amides is 3. The van der Waals surface area contributed by atoms with Crippen molar-refractivity contribution in [1.82, 2.24) is 30.3 Å². The Kier molecular flexibility index (Phi) is 10.7. The molecule has 4 N–H and O–H groups in total. The summed E-state index contributed by atoms with van der Waals surface area (Å²) in [5.74, 6) is 0.567. The molecule has 3 amide bonds. The normalized spacial score (nSPS) is 19.7. The highest BCUT2D eigenvalue weighted by Gasteiger charge is 2.29. The molecule has 0 spiro atoms. The van der Waals surface area contributed by atoms with E-state index in [4.69, 9.17) is 5.73 Å². The summed E-state index contributed by atoms with van der Waals surface area (Å²) in [5.41, 5.74) is 6.55. The Balaban J connectivity index is 0.00000432. The summed E-state index contributed by atoms with van der Waals surface area (Å²) in [6.07, 6.45) is 1.04. The molecule has 0 saturated carbocycles. The molecule has 1 aromatic heterocycles. The smallest absolute Gasteiger partial charge is 0.243 e. The molecule has 0 bridgehead atoms. The van der Waals surface area contributed by atoms with Gasteiger partial charge in [-0.25, -0.2) is 9.67 Å². The lowest BCUT2D eigenvalue weighted by Gasteiger charge is -2.28. The van der Waals surface area contributed by atoms with Crippen LogP contribution in [0.3, 0.4) is 0 Å². The summed E-state index contributed by atoms with van der Waals surface area (Å²) in [4.78, 5) is 44.7. The lowest BCUT2D eigenvalue weighted by atomic mass is 10.0. The van der Waals surface area contributed by atoms with Crippen LogP contribution in [-0.2, 0) is 27.3 Å². The van der Waals surface area contributed by atoms with E-state index in [-0.39, 0.29) is 49.0 Å². The minimum Gasteiger partial charge on any atom is -0.344 e. The topological polar surface area (TPSA) is 135 Å². The number of benzene rings is 1. The third-order valence-electron chi connectivity index (χ3n) is 5.92. The first-order chi connectivity index (χ1) is 16.3. The van der Waals surface area contributed by atoms with E-state index in [0.29, 0.717) is 44.1 Å². The number of hydrogen-bond donors (Lipinski definition) is 3. The first kappa shape index (κ1) is 28.3. The number of hydrogen-bond acceptors (Lipinski definition) is 6. The van der Waals surface area contributed by atoms with E-state index >= 15 is 0 Å². The molecular weight excluding hydrogens is 470 g/mol. The lowest BCUT2D eigenvalue weighted by molar-refractivity contribution is -0.131. The Morgan fingerprint density at radius 1 is 1.14 bits per heavy atom. The Hall–Kier alpha value is -2.98. The van der Waals surface area contributed by atoms with Crippen molar-refractivity contribution >= 4 is 30.1 Å². The van der Waals surface area contributed by atoms with Crippen molar-refractivity contribution in [2.45, 2.75) is 58.7 Å². The third kappa shape index (κ3) is 7.76. The molecule has 0 aliphatic carbocycles. The van der Waals surface area contributed by atoms with Crippen molar-refractivity contribution in [3.63, 3.8) is 0 Å². The van der Waals surface area contributed by atoms with E-state index in [1.165, 1.54) is 0 Å². The number of carbonyl (C=O) groups excluding carboxylic acids is 3. The fourth-order valence-corrected chi connectivity index (χ4v) is 4.11. The minimum atomic E-state index is -0.738. The Bertz CT molecular complexity index is 996. The van der Waals surface area contributed by atoms with Crippen molar-refractivity contribution in [2.75, 3.05) is 19.6 Å². The fraction of sp³-hybridized carbons (Fsp3) is 0.542. The highest BCUT2D eigenvalue weighted by molar-refractivity contribution is 5.88. The summed E-state index contributed by atoms with van der Waals surface area (Å²) in [7, 11) is 0. The molecule has 2 atom stereocenters. The van der Waals surface area contributed by atoms with Crippen molar-refractivity contribution in [3.8, 4) is 0 Å². The van der Waals surface area contributed by atoms with Crippen LogP contribution in [0.15, 0.2) is 30.3 Å². The van der Waals surface area contributed by atoms with Crippen LogP contribution < -0.4 is 16.4 Å². The standard InChI is InChI=1S/C24H35N7O3.ClH/c1-16(2)22-23-26-17(3)29-31(23)13-12-30(21(33)15-25)11-7-10-20(32)27-19(24(34)28-22)14-18-8-5-4-6-9-18;/h4-6,8-9,16,19,22H,7,10-15,25H2,1-3H3,(H,27,32)(H,28,34);1H/t19-,22?;/m0./s1. The first-order valence-electron chi connectivity index (χ1n) is 11.8. The van der Waals surface area contributed by atoms with Crippen LogP contribution in [0.4, 0.5) is 0 Å². The van der Waals surface area contributed by atoms with Crippen LogP contribution in [0.5, 0.6) is 0 Å². The fourth-order valence-electron chi connectivity index (χ4n) is 4.11. The van der Waals surface area contributed by atoms with Crippen molar-refractivity contribution in [3.05, 3.63) is 47.5 Å². The van der Waals surface area contributed by atoms with Crippen LogP contribution in [0.25, 0.3) is 0 Å². The molecule has 0 radical (unpaired) electrons. The van der Waals surface area contributed by atoms with Crippen LogP contribution in [0, 0.1) is 12.8 Å². The third-order valence-corrected chi connectivity index (χ3v) is 5.92. The number of nitrogens with zero attached hydrogens (tertiary/aromatic N) is 4. The molecule has 10 nitrogen and oxygen atoms in total. The van der Waals surface area contributed by atoms with Gasteiger partial charge in [-0.3, -0.25) is 14.4 Å². The molecule has 1 unspecified atom stereocenters. The van der Waals surface area contributed by atoms with E-state index in [9.17, 15) is 14.4 Å². The summed E-state index contributed by atoms with van der Waals surface area (Å²) < 4.78 is 1.76. The molecule has 0 saturated heterocycles. The highest BCUT2D eigenvalue weighted by atomic mass is 35.5. The number of carbonyl (C=O) groups is 3. The van der Waals surface area contributed by atoms with E-state index < -0.39 is 12.1 Å². The van der Waals surface area contributed by atoms with Gasteiger partial charge in [-0.05, 0) is 24.8 Å². The van der Waals surface area contributed by atoms with Crippen LogP contribution >= 0.6 is 12.4 Å². The molecule has 1 aliphatic rings. The summed E-state index contributed by atoms with van der Waals surface area (Å²) >= 11 is 0. The first-order valence-corrected chi connectivity index (χ1v) is 11.8. The Morgan fingerprint density at radius 3 is 2.51 bits per heavy atom. The SMILES string of the molecule is Cc1nc2n(n1)CCN(C(=O)CN)CCCC(=O)N[C@@H](Cc1ccccc1)C(=O)NC2C(C)C.Cl. The number of rotatable bonds is 4. The monoisotopic (exact) mass is 505 g/mol. The van der Waals surface area contributed by atoms with E-state index in [1.54, 1.807) is 16.5 Å². The molecule has 2 heterocycles. The molecule has 35 heavy (non-hydrogen) atoms. The average Bonchev–Trinajstić information content (AvgIpc) is 3.18. The second-order valence-electron chi connectivity index (χ2n) is 8.97. The predicted octanol–water partition coefficient (Wildman–Crippen LogP) is 1.13. The van der Waals surface area contributed by atoms with Gasteiger partial charge in [0.05, 0.1) is 19.1 Å². The molecule has 3 rings (SSSR count). The predicted molar refractivity (Wildman–Crippen MR) is 135 cm³/mol. The second-order valence-corrected chi connectivity index (χ2v) is 8.97. The molecule has 11 heteroatoms. The lowest BCUT2D eigenvalue weighted by Crippen LogP contribution is -2.50. The Morgan fingerprint density at radius 2 is 1.86 bits per heavy atom. The number of fused-ring (bicyclic) bond motifs is 1. The zero-order chi connectivity index (χ0) is 24.7. The van der Waals surface area contributed by atoms with Gasteiger partial charge >= 0.3 is 0 Å². The van der Waals surface area contributed by atoms with Gasteiger partial charge in [-0.15, -0.1) is 12.4 Å². The largest absolute Gasteiger partial charge is 0.344 e. The maximum atomic E-state index is 13.4. The summed E-state index contributed by atoms with van der Waals surface area (Å²) in [5, 5.41) is 10.5. The van der Waals surface area contributed by atoms with E-state index in [2.05, 4.69) is 20.7 Å². The van der Waals surface area contributed by atoms with Gasteiger partial charge in [0.15, 0.2) is 0 Å². The van der Waals surface area contributed by atoms with Crippen molar-refractivity contribution in [2.24, 2.45) is 11.7 Å². The van der Waals surface area contributed by atoms with Gasteiger partial charge in [0, 0.05) is 25.9 Å². The molecular formula is C24H36ClN7O3. The second kappa shape index (κ2) is 13.2. The molecule has 1 aromatic carbocycles. The van der Waals surface area contributed by atoms with Gasteiger partial charge in [0.25, 0.3) is 0 Å². The number of nitrogens with one attached hydrogen (secondary N) is 2. The van der Waals surface area contributed by atoms with E-state index in [0.717, 1.165) is 5.56 Å². The van der Waals surface area contributed by atoms with E-state index in [1.807, 2.05) is 44.2 Å². The molecule has 0 fully saturated rings. The van der Waals surface area contributed by atoms with Gasteiger partial charge in [-0.1, -0.05) is 44.2 Å². The van der Waals surface area contributed by atoms with Crippen LogP contribution in [0.2, 0.25) is 0 Å². The van der Waals surface area contributed by atoms with Crippen molar-refractivity contribution < 1.29 is 14.4 Å². The zero-order valence-electron chi connectivity index (χ0n) is 20.6. The number of aryl methyl sites for hydroxylation is 1. The average molecular weight is 506 g/mol. The maximum Gasteiger partial charge on any atom is 0.243 e. The number of aromatic nitrogens is 3. The summed E-state index contributed by atoms with van der Waals surface area (Å²) in [6.45, 7) is 6.90. The van der Waals surface area contributed by atoms with Gasteiger partial charge in [-0.2, -0.15) is 5.10 Å². The van der Waals surface area contributed by atoms with Crippen LogP contribution in [-0.4, -0.2) is 63.1 Å². The van der Waals surface area contributed by atoms with Gasteiger partial charge in [0.1, 0.15) is 17.7 Å². The quantitative estimate of drug-likeness (QED) is 0.570. The van der Waals surface area contributed by atoms with Crippen LogP contribution in [0.1, 0.15) is 49.9 Å². The zero-order valence-corrected chi connectivity index (χ0v) is 21.4. The number of nitrogens with two attached hydrogens (primary N) is 1. The van der Waals surface area contributed by atoms with Gasteiger partial charge in [0.2, 0.25) is 17.7 Å². The summed E-state index contributed by atoms with van der Waals surface area (Å²) in [6, 6.07) is 8.44. The molecule has 2 aromatic rings. The van der Waals surface area contributed by atoms with Gasteiger partial charge < -0.3 is 21.3 Å². The number of halogens is 1. The molecule has 1 aliphatic heterocycles. The minimum absolute atomic E-state index is 0. The maximum absolute atomic E-state index is 13.4.